The van der Waals surface area contributed by atoms with Gasteiger partial charge in [-0.1, -0.05) is 19.1 Å². The third-order valence-electron chi connectivity index (χ3n) is 4.90. The van der Waals surface area contributed by atoms with Gasteiger partial charge in [0.15, 0.2) is 0 Å². The van der Waals surface area contributed by atoms with Gasteiger partial charge in [0.1, 0.15) is 5.82 Å². The Hall–Kier alpha value is -0.930. The van der Waals surface area contributed by atoms with Gasteiger partial charge in [-0.05, 0) is 55.2 Å². The predicted molar refractivity (Wildman–Crippen MR) is 78.3 cm³/mol. The molecule has 1 aromatic rings. The number of halogens is 1. The Morgan fingerprint density at radius 3 is 2.70 bits per heavy atom. The highest BCUT2D eigenvalue weighted by Crippen LogP contribution is 2.37. The van der Waals surface area contributed by atoms with Crippen molar-refractivity contribution in [3.63, 3.8) is 0 Å². The fraction of sp³-hybridized carbons (Fsp3) is 0.647. The molecule has 2 unspecified atom stereocenters. The predicted octanol–water partition coefficient (Wildman–Crippen LogP) is 3.48. The van der Waals surface area contributed by atoms with E-state index in [1.54, 1.807) is 12.1 Å². The van der Waals surface area contributed by atoms with Crippen LogP contribution in [-0.4, -0.2) is 25.3 Å². The molecule has 20 heavy (non-hydrogen) atoms. The second-order valence-electron chi connectivity index (χ2n) is 6.19. The molecular formula is C17H24FNO. The van der Waals surface area contributed by atoms with Crippen LogP contribution in [0.1, 0.15) is 44.1 Å². The lowest BCUT2D eigenvalue weighted by Crippen LogP contribution is -2.43. The summed E-state index contributed by atoms with van der Waals surface area (Å²) in [4.78, 5) is 0. The maximum Gasteiger partial charge on any atom is 0.123 e. The second-order valence-corrected chi connectivity index (χ2v) is 6.19. The van der Waals surface area contributed by atoms with E-state index in [0.717, 1.165) is 19.6 Å². The van der Waals surface area contributed by atoms with Gasteiger partial charge < -0.3 is 10.1 Å². The Morgan fingerprint density at radius 1 is 1.25 bits per heavy atom. The SMILES string of the molecule is CCC1OCCC1CNC1CC(c2ccc(F)cc2)C1. The van der Waals surface area contributed by atoms with Crippen LogP contribution >= 0.6 is 0 Å². The summed E-state index contributed by atoms with van der Waals surface area (Å²) in [5.74, 6) is 1.15. The first-order chi connectivity index (χ1) is 9.76. The van der Waals surface area contributed by atoms with E-state index < -0.39 is 0 Å². The minimum Gasteiger partial charge on any atom is -0.378 e. The van der Waals surface area contributed by atoms with Gasteiger partial charge in [0.2, 0.25) is 0 Å². The van der Waals surface area contributed by atoms with Crippen molar-refractivity contribution in [1.82, 2.24) is 5.32 Å². The average molecular weight is 277 g/mol. The summed E-state index contributed by atoms with van der Waals surface area (Å²) in [6.45, 7) is 4.21. The van der Waals surface area contributed by atoms with E-state index in [0.29, 0.717) is 24.0 Å². The first kappa shape index (κ1) is 14.0. The summed E-state index contributed by atoms with van der Waals surface area (Å²) in [6, 6.07) is 7.61. The molecule has 1 saturated carbocycles. The van der Waals surface area contributed by atoms with Gasteiger partial charge in [0.05, 0.1) is 6.10 Å². The van der Waals surface area contributed by atoms with Gasteiger partial charge in [-0.2, -0.15) is 0 Å². The van der Waals surface area contributed by atoms with Crippen LogP contribution in [0.3, 0.4) is 0 Å². The third kappa shape index (κ3) is 3.04. The lowest BCUT2D eigenvalue weighted by atomic mass is 9.75. The van der Waals surface area contributed by atoms with Crippen molar-refractivity contribution in [3.8, 4) is 0 Å². The minimum atomic E-state index is -0.144. The van der Waals surface area contributed by atoms with Crippen molar-refractivity contribution >= 4 is 0 Å². The molecule has 0 spiro atoms. The van der Waals surface area contributed by atoms with Crippen molar-refractivity contribution in [2.24, 2.45) is 5.92 Å². The smallest absolute Gasteiger partial charge is 0.123 e. The van der Waals surface area contributed by atoms with Crippen LogP contribution in [0, 0.1) is 11.7 Å². The van der Waals surface area contributed by atoms with Gasteiger partial charge in [0, 0.05) is 19.2 Å². The summed E-state index contributed by atoms with van der Waals surface area (Å²) >= 11 is 0. The zero-order valence-electron chi connectivity index (χ0n) is 12.1. The Bertz CT molecular complexity index is 427. The van der Waals surface area contributed by atoms with E-state index in [9.17, 15) is 4.39 Å². The number of ether oxygens (including phenoxy) is 1. The zero-order chi connectivity index (χ0) is 13.9. The zero-order valence-corrected chi connectivity index (χ0v) is 12.1. The molecule has 2 atom stereocenters. The van der Waals surface area contributed by atoms with Crippen molar-refractivity contribution in [2.45, 2.75) is 50.7 Å². The molecule has 1 saturated heterocycles. The van der Waals surface area contributed by atoms with Crippen LogP contribution in [0.15, 0.2) is 24.3 Å². The number of hydrogen-bond acceptors (Lipinski definition) is 2. The van der Waals surface area contributed by atoms with Gasteiger partial charge in [0.25, 0.3) is 0 Å². The molecule has 2 aliphatic rings. The lowest BCUT2D eigenvalue weighted by Gasteiger charge is -2.37. The highest BCUT2D eigenvalue weighted by Gasteiger charge is 2.32. The first-order valence-electron chi connectivity index (χ1n) is 7.86. The molecule has 1 aromatic carbocycles. The highest BCUT2D eigenvalue weighted by molar-refractivity contribution is 5.23. The Labute approximate surface area is 120 Å². The second kappa shape index (κ2) is 6.23. The first-order valence-corrected chi connectivity index (χ1v) is 7.86. The largest absolute Gasteiger partial charge is 0.378 e. The van der Waals surface area contributed by atoms with E-state index in [1.807, 2.05) is 12.1 Å². The van der Waals surface area contributed by atoms with E-state index in [1.165, 1.54) is 24.8 Å². The van der Waals surface area contributed by atoms with Crippen LogP contribution in [0.2, 0.25) is 0 Å². The standard InChI is InChI=1S/C17H24FNO/c1-2-17-13(7-8-20-17)11-19-16-9-14(10-16)12-3-5-15(18)6-4-12/h3-6,13-14,16-17,19H,2,7-11H2,1H3. The monoisotopic (exact) mass is 277 g/mol. The summed E-state index contributed by atoms with van der Waals surface area (Å²) < 4.78 is 18.6. The van der Waals surface area contributed by atoms with Crippen molar-refractivity contribution in [1.29, 1.82) is 0 Å². The molecule has 1 N–H and O–H groups in total. The fourth-order valence-corrected chi connectivity index (χ4v) is 3.49. The average Bonchev–Trinajstić information content (AvgIpc) is 2.86. The summed E-state index contributed by atoms with van der Waals surface area (Å²) in [6.07, 6.45) is 5.12. The molecule has 1 heterocycles. The summed E-state index contributed by atoms with van der Waals surface area (Å²) in [5, 5.41) is 3.68. The molecule has 0 aromatic heterocycles. The number of nitrogens with one attached hydrogen (secondary N) is 1. The van der Waals surface area contributed by atoms with Crippen molar-refractivity contribution in [3.05, 3.63) is 35.6 Å². The molecule has 1 aliphatic carbocycles. The van der Waals surface area contributed by atoms with Crippen molar-refractivity contribution in [2.75, 3.05) is 13.2 Å². The van der Waals surface area contributed by atoms with E-state index in [4.69, 9.17) is 4.74 Å². The lowest BCUT2D eigenvalue weighted by molar-refractivity contribution is 0.0853. The molecule has 1 aliphatic heterocycles. The van der Waals surface area contributed by atoms with Gasteiger partial charge in [-0.25, -0.2) is 4.39 Å². The maximum atomic E-state index is 12.9. The Morgan fingerprint density at radius 2 is 2.00 bits per heavy atom. The maximum absolute atomic E-state index is 12.9. The minimum absolute atomic E-state index is 0.144. The van der Waals surface area contributed by atoms with Crippen LogP contribution in [0.4, 0.5) is 4.39 Å². The molecule has 3 heteroatoms. The fourth-order valence-electron chi connectivity index (χ4n) is 3.49. The van der Waals surface area contributed by atoms with Crippen LogP contribution in [0.25, 0.3) is 0 Å². The Balaban J connectivity index is 1.41. The van der Waals surface area contributed by atoms with Gasteiger partial charge in [-0.3, -0.25) is 0 Å². The number of hydrogen-bond donors (Lipinski definition) is 1. The molecule has 110 valence electrons. The molecule has 0 amide bonds. The summed E-state index contributed by atoms with van der Waals surface area (Å²) in [5.41, 5.74) is 1.28. The number of benzene rings is 1. The highest BCUT2D eigenvalue weighted by atomic mass is 19.1. The quantitative estimate of drug-likeness (QED) is 0.889. The van der Waals surface area contributed by atoms with E-state index in [-0.39, 0.29) is 5.82 Å². The molecular weight excluding hydrogens is 253 g/mol. The normalized spacial score (nSPS) is 33.1. The van der Waals surface area contributed by atoms with Gasteiger partial charge in [-0.15, -0.1) is 0 Å². The molecule has 3 rings (SSSR count). The Kier molecular flexibility index (Phi) is 4.37. The van der Waals surface area contributed by atoms with Crippen LogP contribution in [-0.2, 0) is 4.74 Å². The molecule has 2 fully saturated rings. The topological polar surface area (TPSA) is 21.3 Å². The molecule has 0 radical (unpaired) electrons. The van der Waals surface area contributed by atoms with Crippen LogP contribution in [0.5, 0.6) is 0 Å². The van der Waals surface area contributed by atoms with Crippen LogP contribution < -0.4 is 5.32 Å². The number of rotatable bonds is 5. The van der Waals surface area contributed by atoms with Gasteiger partial charge >= 0.3 is 0 Å². The third-order valence-corrected chi connectivity index (χ3v) is 4.90. The summed E-state index contributed by atoms with van der Waals surface area (Å²) in [7, 11) is 0. The molecule has 2 nitrogen and oxygen atoms in total. The van der Waals surface area contributed by atoms with E-state index >= 15 is 0 Å². The van der Waals surface area contributed by atoms with Crippen molar-refractivity contribution < 1.29 is 9.13 Å². The molecule has 0 bridgehead atoms. The van der Waals surface area contributed by atoms with E-state index in [2.05, 4.69) is 12.2 Å².